The Balaban J connectivity index is 1.45. The molecule has 2 heterocycles. The highest BCUT2D eigenvalue weighted by atomic mass is 35.5. The maximum absolute atomic E-state index is 6.13. The lowest BCUT2D eigenvalue weighted by Crippen LogP contribution is -2.49. The van der Waals surface area contributed by atoms with Gasteiger partial charge in [0.2, 0.25) is 0 Å². The van der Waals surface area contributed by atoms with Gasteiger partial charge in [-0.1, -0.05) is 23.8 Å². The van der Waals surface area contributed by atoms with Crippen molar-refractivity contribution in [1.29, 1.82) is 0 Å². The molecule has 1 aliphatic heterocycles. The lowest BCUT2D eigenvalue weighted by atomic mass is 10.0. The molecule has 146 valence electrons. The molecule has 0 bridgehead atoms. The van der Waals surface area contributed by atoms with E-state index in [2.05, 4.69) is 45.2 Å². The van der Waals surface area contributed by atoms with Crippen molar-refractivity contribution in [2.24, 2.45) is 4.99 Å². The normalized spacial score (nSPS) is 16.6. The van der Waals surface area contributed by atoms with E-state index in [-0.39, 0.29) is 0 Å². The van der Waals surface area contributed by atoms with Crippen molar-refractivity contribution in [3.8, 4) is 0 Å². The smallest absolute Gasteiger partial charge is 0.191 e. The van der Waals surface area contributed by atoms with E-state index in [1.807, 2.05) is 25.2 Å². The quantitative estimate of drug-likeness (QED) is 0.403. The molecular formula is C21H30ClN5. The lowest BCUT2D eigenvalue weighted by molar-refractivity contribution is 0.221. The molecule has 0 saturated carbocycles. The minimum absolute atomic E-state index is 0.476. The van der Waals surface area contributed by atoms with Gasteiger partial charge in [-0.25, -0.2) is 0 Å². The minimum atomic E-state index is 0.476. The van der Waals surface area contributed by atoms with E-state index in [1.165, 1.54) is 16.5 Å². The molecule has 0 unspecified atom stereocenters. The van der Waals surface area contributed by atoms with Gasteiger partial charge in [-0.15, -0.1) is 0 Å². The van der Waals surface area contributed by atoms with Crippen LogP contribution in [-0.4, -0.2) is 55.1 Å². The van der Waals surface area contributed by atoms with Crippen LogP contribution >= 0.6 is 11.6 Å². The van der Waals surface area contributed by atoms with Gasteiger partial charge >= 0.3 is 0 Å². The number of likely N-dealkylation sites (tertiary alicyclic amines) is 1. The van der Waals surface area contributed by atoms with E-state index in [9.17, 15) is 0 Å². The first-order chi connectivity index (χ1) is 13.0. The summed E-state index contributed by atoms with van der Waals surface area (Å²) in [5, 5.41) is 8.97. The zero-order valence-corrected chi connectivity index (χ0v) is 17.1. The molecule has 1 aromatic carbocycles. The van der Waals surface area contributed by atoms with Crippen molar-refractivity contribution in [2.45, 2.75) is 32.2 Å². The lowest BCUT2D eigenvalue weighted by Gasteiger charge is -2.33. The number of nitrogens with zero attached hydrogens (tertiary/aromatic N) is 2. The molecule has 3 N–H and O–H groups in total. The van der Waals surface area contributed by atoms with E-state index in [1.54, 1.807) is 0 Å². The Morgan fingerprint density at radius 2 is 2.15 bits per heavy atom. The van der Waals surface area contributed by atoms with Crippen LogP contribution in [0.4, 0.5) is 0 Å². The molecule has 0 aliphatic carbocycles. The molecule has 1 aliphatic rings. The zero-order chi connectivity index (χ0) is 19.2. The number of hydrogen-bond acceptors (Lipinski definition) is 2. The molecule has 3 rings (SSSR count). The van der Waals surface area contributed by atoms with Crippen LogP contribution in [0.3, 0.4) is 0 Å². The summed E-state index contributed by atoms with van der Waals surface area (Å²) < 4.78 is 0. The van der Waals surface area contributed by atoms with Crippen molar-refractivity contribution in [2.75, 3.05) is 33.2 Å². The number of nitrogens with one attached hydrogen (secondary N) is 3. The van der Waals surface area contributed by atoms with Crippen molar-refractivity contribution < 1.29 is 0 Å². The van der Waals surface area contributed by atoms with Gasteiger partial charge in [-0.2, -0.15) is 0 Å². The molecule has 1 saturated heterocycles. The Hall–Kier alpha value is -1.98. The first kappa shape index (κ1) is 19.8. The van der Waals surface area contributed by atoms with Gasteiger partial charge in [0, 0.05) is 61.4 Å². The second-order valence-corrected chi connectivity index (χ2v) is 7.84. The number of piperidine rings is 1. The van der Waals surface area contributed by atoms with Crippen molar-refractivity contribution in [3.63, 3.8) is 0 Å². The summed E-state index contributed by atoms with van der Waals surface area (Å²) >= 11 is 6.13. The van der Waals surface area contributed by atoms with Gasteiger partial charge < -0.3 is 15.6 Å². The third-order valence-corrected chi connectivity index (χ3v) is 5.30. The van der Waals surface area contributed by atoms with E-state index < -0.39 is 0 Å². The SMILES string of the molecule is C=C(C)CN1CCC(NC(=NC)NCCc2c[nH]c3ccc(Cl)cc23)CC1. The highest BCUT2D eigenvalue weighted by Gasteiger charge is 2.19. The first-order valence-corrected chi connectivity index (χ1v) is 10.0. The van der Waals surface area contributed by atoms with Crippen LogP contribution in [0.1, 0.15) is 25.3 Å². The third-order valence-electron chi connectivity index (χ3n) is 5.06. The van der Waals surface area contributed by atoms with Gasteiger partial charge in [0.05, 0.1) is 0 Å². The van der Waals surface area contributed by atoms with Gasteiger partial charge in [0.1, 0.15) is 0 Å². The predicted molar refractivity (Wildman–Crippen MR) is 116 cm³/mol. The molecule has 1 fully saturated rings. The van der Waals surface area contributed by atoms with Crippen LogP contribution in [-0.2, 0) is 6.42 Å². The van der Waals surface area contributed by atoms with E-state index in [0.717, 1.165) is 61.9 Å². The fourth-order valence-corrected chi connectivity index (χ4v) is 3.85. The number of halogens is 1. The van der Waals surface area contributed by atoms with Crippen LogP contribution < -0.4 is 10.6 Å². The first-order valence-electron chi connectivity index (χ1n) is 9.64. The summed E-state index contributed by atoms with van der Waals surface area (Å²) in [6, 6.07) is 6.43. The fourth-order valence-electron chi connectivity index (χ4n) is 3.68. The standard InChI is InChI=1S/C21H30ClN5/c1-15(2)14-27-10-7-18(8-11-27)26-21(23-3)24-9-6-16-13-25-20-5-4-17(22)12-19(16)20/h4-5,12-13,18,25H,1,6-11,14H2,2-3H3,(H2,23,24,26). The molecule has 6 heteroatoms. The minimum Gasteiger partial charge on any atom is -0.361 e. The van der Waals surface area contributed by atoms with Crippen molar-refractivity contribution in [1.82, 2.24) is 20.5 Å². The largest absolute Gasteiger partial charge is 0.361 e. The Bertz CT molecular complexity index is 802. The highest BCUT2D eigenvalue weighted by Crippen LogP contribution is 2.22. The van der Waals surface area contributed by atoms with Crippen molar-refractivity contribution in [3.05, 3.63) is 47.1 Å². The molecule has 0 atom stereocenters. The van der Waals surface area contributed by atoms with Crippen LogP contribution in [0.25, 0.3) is 10.9 Å². The predicted octanol–water partition coefficient (Wildman–Crippen LogP) is 3.57. The van der Waals surface area contributed by atoms with E-state index >= 15 is 0 Å². The van der Waals surface area contributed by atoms with Gasteiger partial charge in [-0.05, 0) is 49.9 Å². The maximum Gasteiger partial charge on any atom is 0.191 e. The molecule has 1 aromatic heterocycles. The monoisotopic (exact) mass is 387 g/mol. The Morgan fingerprint density at radius 1 is 1.37 bits per heavy atom. The number of benzene rings is 1. The zero-order valence-electron chi connectivity index (χ0n) is 16.3. The summed E-state index contributed by atoms with van der Waals surface area (Å²) in [5.41, 5.74) is 3.62. The second-order valence-electron chi connectivity index (χ2n) is 7.40. The average Bonchev–Trinajstić information content (AvgIpc) is 3.04. The van der Waals surface area contributed by atoms with Gasteiger partial charge in [0.25, 0.3) is 0 Å². The molecule has 2 aromatic rings. The van der Waals surface area contributed by atoms with E-state index in [4.69, 9.17) is 11.6 Å². The molecule has 0 spiro atoms. The highest BCUT2D eigenvalue weighted by molar-refractivity contribution is 6.31. The number of hydrogen-bond donors (Lipinski definition) is 3. The number of rotatable bonds is 6. The number of aromatic amines is 1. The second kappa shape index (κ2) is 9.29. The molecular weight excluding hydrogens is 358 g/mol. The summed E-state index contributed by atoms with van der Waals surface area (Å²) in [6.45, 7) is 10.2. The van der Waals surface area contributed by atoms with Crippen LogP contribution in [0, 0.1) is 0 Å². The summed E-state index contributed by atoms with van der Waals surface area (Å²) in [4.78, 5) is 10.2. The topological polar surface area (TPSA) is 55.4 Å². The number of aromatic nitrogens is 1. The Labute approximate surface area is 166 Å². The number of aliphatic imine (C=N–C) groups is 1. The molecule has 0 amide bonds. The van der Waals surface area contributed by atoms with Crippen LogP contribution in [0.2, 0.25) is 5.02 Å². The molecule has 5 nitrogen and oxygen atoms in total. The van der Waals surface area contributed by atoms with Crippen molar-refractivity contribution >= 4 is 28.5 Å². The molecule has 0 radical (unpaired) electrons. The number of fused-ring (bicyclic) bond motifs is 1. The van der Waals surface area contributed by atoms with Crippen LogP contribution in [0.5, 0.6) is 0 Å². The number of H-pyrrole nitrogens is 1. The third kappa shape index (κ3) is 5.50. The molecule has 27 heavy (non-hydrogen) atoms. The Morgan fingerprint density at radius 3 is 2.85 bits per heavy atom. The summed E-state index contributed by atoms with van der Waals surface area (Å²) in [6.07, 6.45) is 5.25. The summed E-state index contributed by atoms with van der Waals surface area (Å²) in [5.74, 6) is 0.881. The van der Waals surface area contributed by atoms with Gasteiger partial charge in [-0.3, -0.25) is 9.89 Å². The van der Waals surface area contributed by atoms with Gasteiger partial charge in [0.15, 0.2) is 5.96 Å². The summed E-state index contributed by atoms with van der Waals surface area (Å²) in [7, 11) is 1.83. The Kier molecular flexibility index (Phi) is 6.80. The van der Waals surface area contributed by atoms with E-state index in [0.29, 0.717) is 6.04 Å². The van der Waals surface area contributed by atoms with Crippen LogP contribution in [0.15, 0.2) is 41.5 Å². The maximum atomic E-state index is 6.13. The average molecular weight is 388 g/mol. The number of guanidine groups is 1. The fraction of sp³-hybridized carbons (Fsp3) is 0.476.